The highest BCUT2D eigenvalue weighted by molar-refractivity contribution is 4.92. The predicted octanol–water partition coefficient (Wildman–Crippen LogP) is 3.06. The Balaban J connectivity index is 2.24. The largest absolute Gasteiger partial charge is 0.324 e. The first kappa shape index (κ1) is 14.0. The summed E-state index contributed by atoms with van der Waals surface area (Å²) in [6.07, 6.45) is 8.96. The lowest BCUT2D eigenvalue weighted by atomic mass is 9.77. The normalized spacial score (nSPS) is 32.6. The average Bonchev–Trinajstić information content (AvgIpc) is 2.23. The molecule has 1 rings (SSSR count). The summed E-state index contributed by atoms with van der Waals surface area (Å²) in [7, 11) is 0. The smallest absolute Gasteiger partial charge is 0.0283 e. The zero-order valence-corrected chi connectivity index (χ0v) is 11.4. The van der Waals surface area contributed by atoms with Gasteiger partial charge in [-0.3, -0.25) is 0 Å². The van der Waals surface area contributed by atoms with Gasteiger partial charge in [0.25, 0.3) is 0 Å². The molecule has 3 unspecified atom stereocenters. The van der Waals surface area contributed by atoms with Crippen LogP contribution in [0.1, 0.15) is 65.7 Å². The molecule has 0 aromatic carbocycles. The molecule has 3 atom stereocenters. The second-order valence-electron chi connectivity index (χ2n) is 5.99. The molecule has 1 aliphatic rings. The first-order valence-corrected chi connectivity index (χ1v) is 7.08. The van der Waals surface area contributed by atoms with Gasteiger partial charge in [0, 0.05) is 18.1 Å². The van der Waals surface area contributed by atoms with Gasteiger partial charge in [0.15, 0.2) is 0 Å². The molecule has 0 bridgehead atoms. The number of nitrogens with two attached hydrogens (primary N) is 1. The van der Waals surface area contributed by atoms with Crippen molar-refractivity contribution in [3.63, 3.8) is 0 Å². The molecule has 0 amide bonds. The molecule has 96 valence electrons. The molecule has 0 heterocycles. The highest BCUT2D eigenvalue weighted by Crippen LogP contribution is 2.29. The molecule has 0 spiro atoms. The van der Waals surface area contributed by atoms with Gasteiger partial charge in [0.2, 0.25) is 0 Å². The second kappa shape index (κ2) is 6.61. The number of hydrogen-bond donors (Lipinski definition) is 2. The molecule has 0 aromatic rings. The Kier molecular flexibility index (Phi) is 5.77. The van der Waals surface area contributed by atoms with Crippen molar-refractivity contribution in [2.24, 2.45) is 11.7 Å². The maximum absolute atomic E-state index is 6.46. The van der Waals surface area contributed by atoms with Gasteiger partial charge >= 0.3 is 0 Å². The van der Waals surface area contributed by atoms with Gasteiger partial charge in [-0.15, -0.1) is 0 Å². The zero-order valence-electron chi connectivity index (χ0n) is 11.4. The second-order valence-corrected chi connectivity index (χ2v) is 5.99. The highest BCUT2D eigenvalue weighted by Gasteiger charge is 2.30. The van der Waals surface area contributed by atoms with Gasteiger partial charge in [0.05, 0.1) is 0 Å². The number of unbranched alkanes of at least 4 members (excludes halogenated alkanes) is 1. The van der Waals surface area contributed by atoms with E-state index in [4.69, 9.17) is 5.73 Å². The van der Waals surface area contributed by atoms with Gasteiger partial charge in [-0.2, -0.15) is 0 Å². The lowest BCUT2D eigenvalue weighted by molar-refractivity contribution is 0.223. The van der Waals surface area contributed by atoms with Crippen LogP contribution in [0.4, 0.5) is 0 Å². The third-order valence-electron chi connectivity index (χ3n) is 3.92. The Morgan fingerprint density at radius 3 is 2.88 bits per heavy atom. The molecular weight excluding hydrogens is 196 g/mol. The van der Waals surface area contributed by atoms with E-state index in [1.54, 1.807) is 0 Å². The van der Waals surface area contributed by atoms with Crippen molar-refractivity contribution >= 4 is 0 Å². The van der Waals surface area contributed by atoms with E-state index >= 15 is 0 Å². The summed E-state index contributed by atoms with van der Waals surface area (Å²) in [6.45, 7) is 7.87. The van der Waals surface area contributed by atoms with Crippen LogP contribution in [0.5, 0.6) is 0 Å². The van der Waals surface area contributed by atoms with Gasteiger partial charge < -0.3 is 11.1 Å². The van der Waals surface area contributed by atoms with Crippen LogP contribution in [-0.2, 0) is 0 Å². The van der Waals surface area contributed by atoms with Crippen molar-refractivity contribution in [3.8, 4) is 0 Å². The summed E-state index contributed by atoms with van der Waals surface area (Å²) in [5.74, 6) is 0.812. The fourth-order valence-corrected chi connectivity index (χ4v) is 2.85. The van der Waals surface area contributed by atoms with Gasteiger partial charge in [-0.25, -0.2) is 0 Å². The lowest BCUT2D eigenvalue weighted by Crippen LogP contribution is -2.53. The third kappa shape index (κ3) is 4.84. The van der Waals surface area contributed by atoms with Crippen LogP contribution in [-0.4, -0.2) is 18.1 Å². The van der Waals surface area contributed by atoms with E-state index in [9.17, 15) is 0 Å². The van der Waals surface area contributed by atoms with Crippen LogP contribution < -0.4 is 11.1 Å². The van der Waals surface area contributed by atoms with Crippen molar-refractivity contribution in [2.45, 2.75) is 77.3 Å². The summed E-state index contributed by atoms with van der Waals surface area (Å²) in [5.41, 5.74) is 6.53. The Morgan fingerprint density at radius 2 is 2.25 bits per heavy atom. The first-order chi connectivity index (χ1) is 7.56. The van der Waals surface area contributed by atoms with Gasteiger partial charge in [-0.05, 0) is 32.1 Å². The molecule has 2 heteroatoms. The Morgan fingerprint density at radius 1 is 1.50 bits per heavy atom. The van der Waals surface area contributed by atoms with Gasteiger partial charge in [-0.1, -0.05) is 39.5 Å². The van der Waals surface area contributed by atoms with Crippen LogP contribution in [0.2, 0.25) is 0 Å². The topological polar surface area (TPSA) is 38.0 Å². The molecule has 16 heavy (non-hydrogen) atoms. The maximum Gasteiger partial charge on any atom is 0.0283 e. The molecule has 1 fully saturated rings. The quantitative estimate of drug-likeness (QED) is 0.730. The summed E-state index contributed by atoms with van der Waals surface area (Å²) >= 11 is 0. The van der Waals surface area contributed by atoms with Crippen molar-refractivity contribution in [1.29, 1.82) is 0 Å². The van der Waals surface area contributed by atoms with Crippen LogP contribution in [0.15, 0.2) is 0 Å². The lowest BCUT2D eigenvalue weighted by Gasteiger charge is -2.37. The average molecular weight is 226 g/mol. The molecule has 1 saturated carbocycles. The fraction of sp³-hybridized carbons (Fsp3) is 1.00. The first-order valence-electron chi connectivity index (χ1n) is 7.08. The third-order valence-corrected chi connectivity index (χ3v) is 3.92. The number of rotatable bonds is 6. The Labute approximate surface area is 101 Å². The molecule has 0 aromatic heterocycles. The van der Waals surface area contributed by atoms with Gasteiger partial charge in [0.1, 0.15) is 0 Å². The van der Waals surface area contributed by atoms with E-state index in [1.807, 2.05) is 0 Å². The summed E-state index contributed by atoms with van der Waals surface area (Å²) in [6, 6.07) is 0.623. The highest BCUT2D eigenvalue weighted by atomic mass is 15.0. The standard InChI is InChI=1S/C14H30N2/c1-4-5-8-13(3)16-11-14(15)9-6-7-12(2)10-14/h12-13,16H,4-11,15H2,1-3H3. The molecule has 3 N–H and O–H groups in total. The number of hydrogen-bond acceptors (Lipinski definition) is 2. The van der Waals surface area contributed by atoms with Crippen LogP contribution in [0.3, 0.4) is 0 Å². The molecule has 0 aliphatic heterocycles. The van der Waals surface area contributed by atoms with E-state index in [0.29, 0.717) is 6.04 Å². The van der Waals surface area contributed by atoms with Crippen molar-refractivity contribution < 1.29 is 0 Å². The van der Waals surface area contributed by atoms with E-state index in [0.717, 1.165) is 12.5 Å². The fourth-order valence-electron chi connectivity index (χ4n) is 2.85. The minimum absolute atomic E-state index is 0.0676. The maximum atomic E-state index is 6.46. The monoisotopic (exact) mass is 226 g/mol. The minimum Gasteiger partial charge on any atom is -0.324 e. The Bertz CT molecular complexity index is 193. The zero-order chi connectivity index (χ0) is 12.0. The van der Waals surface area contributed by atoms with E-state index in [1.165, 1.54) is 44.9 Å². The van der Waals surface area contributed by atoms with E-state index in [2.05, 4.69) is 26.1 Å². The summed E-state index contributed by atoms with van der Waals surface area (Å²) in [4.78, 5) is 0. The Hall–Kier alpha value is -0.0800. The van der Waals surface area contributed by atoms with Crippen molar-refractivity contribution in [1.82, 2.24) is 5.32 Å². The SMILES string of the molecule is CCCCC(C)NCC1(N)CCCC(C)C1. The van der Waals surface area contributed by atoms with Crippen molar-refractivity contribution in [3.05, 3.63) is 0 Å². The predicted molar refractivity (Wildman–Crippen MR) is 71.5 cm³/mol. The summed E-state index contributed by atoms with van der Waals surface area (Å²) in [5, 5.41) is 3.62. The summed E-state index contributed by atoms with van der Waals surface area (Å²) < 4.78 is 0. The number of nitrogens with one attached hydrogen (secondary N) is 1. The van der Waals surface area contributed by atoms with Crippen LogP contribution in [0.25, 0.3) is 0 Å². The van der Waals surface area contributed by atoms with Crippen molar-refractivity contribution in [2.75, 3.05) is 6.54 Å². The molecule has 1 aliphatic carbocycles. The molecular formula is C14H30N2. The van der Waals surface area contributed by atoms with Crippen LogP contribution >= 0.6 is 0 Å². The molecule has 2 nitrogen and oxygen atoms in total. The van der Waals surface area contributed by atoms with E-state index < -0.39 is 0 Å². The van der Waals surface area contributed by atoms with E-state index in [-0.39, 0.29) is 5.54 Å². The van der Waals surface area contributed by atoms with Crippen LogP contribution in [0, 0.1) is 5.92 Å². The molecule has 0 saturated heterocycles. The molecule has 0 radical (unpaired) electrons. The minimum atomic E-state index is 0.0676.